The molecule has 21 heteroatoms. The minimum Gasteiger partial charge on any atom is -0.463 e. The van der Waals surface area contributed by atoms with Crippen LogP contribution in [0.15, 0.2) is 48.8 Å². The minimum atomic E-state index is -3.02. The topological polar surface area (TPSA) is 171 Å². The Labute approximate surface area is 307 Å². The second-order valence-electron chi connectivity index (χ2n) is 12.2. The van der Waals surface area contributed by atoms with Crippen molar-refractivity contribution in [2.45, 2.75) is 67.6 Å². The molecule has 54 heavy (non-hydrogen) atoms. The Morgan fingerprint density at radius 2 is 1.65 bits per heavy atom. The molecule has 290 valence electrons. The number of benzene rings is 2. The highest BCUT2D eigenvalue weighted by atomic mass is 32.2. The van der Waals surface area contributed by atoms with Crippen LogP contribution in [0, 0.1) is 17.5 Å². The first-order chi connectivity index (χ1) is 25.8. The normalized spacial score (nSPS) is 25.7. The van der Waals surface area contributed by atoms with Gasteiger partial charge in [-0.25, -0.2) is 22.5 Å². The Kier molecular flexibility index (Phi) is 12.1. The van der Waals surface area contributed by atoms with Crippen molar-refractivity contribution in [3.8, 4) is 28.3 Å². The molecule has 2 aromatic carbocycles. The van der Waals surface area contributed by atoms with Gasteiger partial charge in [0.25, 0.3) is 0 Å². The Balaban J connectivity index is 1.28. The lowest BCUT2D eigenvalue weighted by molar-refractivity contribution is -0.208. The number of alkyl halides is 2. The largest absolute Gasteiger partial charge is 0.463 e. The van der Waals surface area contributed by atoms with Crippen LogP contribution < -0.4 is 4.74 Å². The molecule has 4 aromatic rings. The van der Waals surface area contributed by atoms with Gasteiger partial charge in [-0.3, -0.25) is 9.59 Å². The molecule has 2 saturated heterocycles. The molecule has 0 amide bonds. The van der Waals surface area contributed by atoms with Crippen molar-refractivity contribution in [3.05, 3.63) is 66.2 Å². The van der Waals surface area contributed by atoms with Crippen LogP contribution in [-0.4, -0.2) is 116 Å². The third-order valence-electron chi connectivity index (χ3n) is 8.60. The maximum atomic E-state index is 14.1. The highest BCUT2D eigenvalue weighted by Crippen LogP contribution is 2.42. The molecule has 2 aromatic heterocycles. The number of ether oxygens (including phenoxy) is 6. The summed E-state index contributed by atoms with van der Waals surface area (Å²) in [5, 5.41) is 27.3. The molecular formula is C33H33F5N6O9S. The summed E-state index contributed by atoms with van der Waals surface area (Å²) < 4.78 is 104. The van der Waals surface area contributed by atoms with Gasteiger partial charge < -0.3 is 33.5 Å². The highest BCUT2D eigenvalue weighted by Gasteiger charge is 2.52. The number of aliphatic hydroxyl groups is 1. The lowest BCUT2D eigenvalue weighted by Crippen LogP contribution is -2.58. The standard InChI is InChI=1S/C33H33F5N6O9S/c1-15(45)50-13-25-30(51-16(2)46)28(44-11-23(40-42-44)18-8-20(34)27(36)21(35)9-18)31(48-3)32(53-25)54-26-14-49-12-24(29(26)47)43-10-22(39-41-43)17-5-4-6-19(7-17)52-33(37)38/h4-11,24-26,28-33,47H,12-14H2,1-3H3/t24-,25+,26+,28-,29+,30-,31+,32-/m0/s1. The number of hydrogen-bond donors (Lipinski definition) is 1. The molecule has 2 aliphatic heterocycles. The fourth-order valence-electron chi connectivity index (χ4n) is 6.16. The fraction of sp³-hybridized carbons (Fsp3) is 0.455. The van der Waals surface area contributed by atoms with Crippen LogP contribution in [0.3, 0.4) is 0 Å². The number of carbonyl (C=O) groups is 2. The van der Waals surface area contributed by atoms with Crippen molar-refractivity contribution < 1.29 is 65.1 Å². The second-order valence-corrected chi connectivity index (χ2v) is 13.6. The molecule has 0 spiro atoms. The van der Waals surface area contributed by atoms with Gasteiger partial charge >= 0.3 is 18.6 Å². The van der Waals surface area contributed by atoms with Crippen molar-refractivity contribution in [3.63, 3.8) is 0 Å². The molecule has 0 saturated carbocycles. The van der Waals surface area contributed by atoms with Crippen LogP contribution in [0.4, 0.5) is 22.0 Å². The summed E-state index contributed by atoms with van der Waals surface area (Å²) in [5.41, 5.74) is -0.433. The predicted octanol–water partition coefficient (Wildman–Crippen LogP) is 3.73. The van der Waals surface area contributed by atoms with Crippen molar-refractivity contribution in [1.29, 1.82) is 0 Å². The van der Waals surface area contributed by atoms with E-state index in [0.717, 1.165) is 30.8 Å². The van der Waals surface area contributed by atoms with E-state index < -0.39 is 83.2 Å². The number of aromatic nitrogens is 6. The number of halogens is 5. The van der Waals surface area contributed by atoms with E-state index in [1.807, 2.05) is 0 Å². The van der Waals surface area contributed by atoms with Gasteiger partial charge in [0.15, 0.2) is 23.6 Å². The monoisotopic (exact) mass is 784 g/mol. The number of hydrogen-bond acceptors (Lipinski definition) is 14. The Morgan fingerprint density at radius 1 is 0.963 bits per heavy atom. The van der Waals surface area contributed by atoms with E-state index in [2.05, 4.69) is 25.4 Å². The van der Waals surface area contributed by atoms with Gasteiger partial charge in [-0.05, 0) is 24.3 Å². The van der Waals surface area contributed by atoms with E-state index in [-0.39, 0.29) is 36.8 Å². The lowest BCUT2D eigenvalue weighted by Gasteiger charge is -2.46. The van der Waals surface area contributed by atoms with Gasteiger partial charge in [-0.2, -0.15) is 8.78 Å². The third kappa shape index (κ3) is 8.65. The minimum absolute atomic E-state index is 0.0350. The van der Waals surface area contributed by atoms with Crippen LogP contribution in [0.2, 0.25) is 0 Å². The first-order valence-electron chi connectivity index (χ1n) is 16.3. The summed E-state index contributed by atoms with van der Waals surface area (Å²) in [5.74, 6) is -6.01. The average molecular weight is 785 g/mol. The van der Waals surface area contributed by atoms with Crippen molar-refractivity contribution in [1.82, 2.24) is 30.0 Å². The van der Waals surface area contributed by atoms with E-state index in [1.54, 1.807) is 6.07 Å². The summed E-state index contributed by atoms with van der Waals surface area (Å²) >= 11 is 1.10. The average Bonchev–Trinajstić information content (AvgIpc) is 3.82. The lowest BCUT2D eigenvalue weighted by atomic mass is 9.96. The van der Waals surface area contributed by atoms with Crippen LogP contribution in [0.25, 0.3) is 22.5 Å². The Hall–Kier alpha value is -4.70. The SMILES string of the molecule is CO[C@@H]1[C@@H](n2cc(-c3cc(F)c(F)c(F)c3)nn2)[C@@H](OC(C)=O)[C@@H](COC(C)=O)O[C@H]1S[C@@H]1COC[C@H](n2cc(-c3cccc(OC(F)F)c3)nn2)[C@H]1O. The molecular weight excluding hydrogens is 751 g/mol. The maximum Gasteiger partial charge on any atom is 0.387 e. The highest BCUT2D eigenvalue weighted by molar-refractivity contribution is 8.00. The number of rotatable bonds is 12. The molecule has 0 radical (unpaired) electrons. The summed E-state index contributed by atoms with van der Waals surface area (Å²) in [6.45, 7) is -1.00. The molecule has 1 N–H and O–H groups in total. The smallest absolute Gasteiger partial charge is 0.387 e. The molecule has 0 unspecified atom stereocenters. The van der Waals surface area contributed by atoms with E-state index in [4.69, 9.17) is 23.7 Å². The zero-order chi connectivity index (χ0) is 38.7. The van der Waals surface area contributed by atoms with Crippen LogP contribution in [0.5, 0.6) is 5.75 Å². The predicted molar refractivity (Wildman–Crippen MR) is 175 cm³/mol. The van der Waals surface area contributed by atoms with Crippen molar-refractivity contribution in [2.24, 2.45) is 0 Å². The zero-order valence-electron chi connectivity index (χ0n) is 28.6. The fourth-order valence-corrected chi connectivity index (χ4v) is 7.66. The summed E-state index contributed by atoms with van der Waals surface area (Å²) in [7, 11) is 1.35. The van der Waals surface area contributed by atoms with Crippen LogP contribution in [0.1, 0.15) is 25.9 Å². The van der Waals surface area contributed by atoms with Gasteiger partial charge in [-0.1, -0.05) is 22.6 Å². The molecule has 2 aliphatic rings. The summed E-state index contributed by atoms with van der Waals surface area (Å²) in [6, 6.07) is 5.54. The number of carbonyl (C=O) groups excluding carboxylic acids is 2. The van der Waals surface area contributed by atoms with Gasteiger partial charge in [0.2, 0.25) is 0 Å². The molecule has 8 atom stereocenters. The van der Waals surface area contributed by atoms with E-state index in [0.29, 0.717) is 11.3 Å². The Morgan fingerprint density at radius 3 is 2.31 bits per heavy atom. The van der Waals surface area contributed by atoms with Crippen LogP contribution >= 0.6 is 11.8 Å². The quantitative estimate of drug-likeness (QED) is 0.125. The van der Waals surface area contributed by atoms with Crippen molar-refractivity contribution in [2.75, 3.05) is 26.9 Å². The first kappa shape index (κ1) is 39.0. The number of methoxy groups -OCH3 is 1. The summed E-state index contributed by atoms with van der Waals surface area (Å²) in [6.07, 6.45) is -1.69. The van der Waals surface area contributed by atoms with Crippen molar-refractivity contribution >= 4 is 23.7 Å². The second kappa shape index (κ2) is 16.8. The third-order valence-corrected chi connectivity index (χ3v) is 10.0. The molecule has 6 rings (SSSR count). The van der Waals surface area contributed by atoms with Gasteiger partial charge in [-0.15, -0.1) is 22.0 Å². The number of aliphatic hydroxyl groups excluding tert-OH is 1. The molecule has 0 aliphatic carbocycles. The number of esters is 2. The van der Waals surface area contributed by atoms with E-state index in [1.165, 1.54) is 54.0 Å². The molecule has 15 nitrogen and oxygen atoms in total. The van der Waals surface area contributed by atoms with Gasteiger partial charge in [0.05, 0.1) is 37.0 Å². The van der Waals surface area contributed by atoms with Gasteiger partial charge in [0, 0.05) is 32.1 Å². The number of thioether (sulfide) groups is 1. The molecule has 4 heterocycles. The molecule has 2 fully saturated rings. The summed E-state index contributed by atoms with van der Waals surface area (Å²) in [4.78, 5) is 24.2. The zero-order valence-corrected chi connectivity index (χ0v) is 29.4. The van der Waals surface area contributed by atoms with E-state index in [9.17, 15) is 36.6 Å². The number of nitrogens with zero attached hydrogens (tertiary/aromatic N) is 6. The van der Waals surface area contributed by atoms with Crippen LogP contribution in [-0.2, 0) is 33.3 Å². The first-order valence-corrected chi connectivity index (χ1v) is 17.2. The maximum absolute atomic E-state index is 14.1. The van der Waals surface area contributed by atoms with E-state index >= 15 is 0 Å². The molecule has 0 bridgehead atoms. The van der Waals surface area contributed by atoms with Gasteiger partial charge in [0.1, 0.15) is 53.5 Å². The Bertz CT molecular complexity index is 1930.